The van der Waals surface area contributed by atoms with Gasteiger partial charge in [-0.3, -0.25) is 4.79 Å². The van der Waals surface area contributed by atoms with Crippen LogP contribution in [0.25, 0.3) is 0 Å². The van der Waals surface area contributed by atoms with E-state index in [-0.39, 0.29) is 36.4 Å². The number of ether oxygens (including phenoxy) is 3. The Kier molecular flexibility index (Phi) is 22.6. The fraction of sp³-hybridized carbons (Fsp3) is 0.897. The van der Waals surface area contributed by atoms with E-state index < -0.39 is 18.3 Å². The zero-order valence-electron chi connectivity index (χ0n) is 30.2. The first-order chi connectivity index (χ1) is 22.7. The molecule has 0 aromatic carbocycles. The van der Waals surface area contributed by atoms with Crippen molar-refractivity contribution in [3.63, 3.8) is 0 Å². The summed E-state index contributed by atoms with van der Waals surface area (Å²) in [5, 5.41) is 31.7. The molecule has 0 aliphatic carbocycles. The predicted octanol–water partition coefficient (Wildman–Crippen LogP) is 8.41. The van der Waals surface area contributed by atoms with E-state index in [0.29, 0.717) is 31.3 Å². The van der Waals surface area contributed by atoms with E-state index in [0.717, 1.165) is 83.5 Å². The summed E-state index contributed by atoms with van der Waals surface area (Å²) in [6.07, 6.45) is 24.6. The van der Waals surface area contributed by atoms with Crippen molar-refractivity contribution < 1.29 is 39.1 Å². The number of hydrogen-bond donors (Lipinski definition) is 3. The second kappa shape index (κ2) is 25.5. The summed E-state index contributed by atoms with van der Waals surface area (Å²) < 4.78 is 16.9. The minimum absolute atomic E-state index is 0.153. The fourth-order valence-electron chi connectivity index (χ4n) is 7.07. The normalized spacial score (nSPS) is 22.1. The number of rotatable bonds is 29. The van der Waals surface area contributed by atoms with E-state index in [1.165, 1.54) is 58.3 Å². The van der Waals surface area contributed by atoms with Crippen LogP contribution < -0.4 is 0 Å². The summed E-state index contributed by atoms with van der Waals surface area (Å²) in [5.74, 6) is -0.610. The number of carbonyl (C=O) groups is 2. The second-order valence-electron chi connectivity index (χ2n) is 14.4. The predicted molar refractivity (Wildman–Crippen MR) is 187 cm³/mol. The first kappa shape index (κ1) is 41.7. The van der Waals surface area contributed by atoms with Gasteiger partial charge in [-0.1, -0.05) is 116 Å². The van der Waals surface area contributed by atoms with E-state index in [9.17, 15) is 24.9 Å². The Hall–Kier alpha value is -1.48. The number of hydrogen-bond acceptors (Lipinski definition) is 8. The topological polar surface area (TPSA) is 123 Å². The minimum Gasteiger partial charge on any atom is -0.460 e. The van der Waals surface area contributed by atoms with Crippen LogP contribution in [0.3, 0.4) is 0 Å². The molecule has 8 heteroatoms. The smallest absolute Gasteiger partial charge is 0.334 e. The van der Waals surface area contributed by atoms with Gasteiger partial charge in [-0.05, 0) is 57.9 Å². The Labute approximate surface area is 286 Å². The van der Waals surface area contributed by atoms with Crippen molar-refractivity contribution in [2.45, 2.75) is 224 Å². The van der Waals surface area contributed by atoms with Crippen LogP contribution in [0.2, 0.25) is 0 Å². The molecule has 1 fully saturated rings. The summed E-state index contributed by atoms with van der Waals surface area (Å²) in [4.78, 5) is 23.5. The van der Waals surface area contributed by atoms with Crippen molar-refractivity contribution >= 4 is 11.9 Å². The number of esters is 2. The van der Waals surface area contributed by atoms with E-state index >= 15 is 0 Å². The van der Waals surface area contributed by atoms with Gasteiger partial charge < -0.3 is 29.5 Å². The summed E-state index contributed by atoms with van der Waals surface area (Å²) in [7, 11) is 0. The van der Waals surface area contributed by atoms with Gasteiger partial charge in [0, 0.05) is 18.9 Å². The molecule has 3 N–H and O–H groups in total. The van der Waals surface area contributed by atoms with Gasteiger partial charge in [-0.25, -0.2) is 4.79 Å². The van der Waals surface area contributed by atoms with Crippen molar-refractivity contribution in [1.82, 2.24) is 0 Å². The highest BCUT2D eigenvalue weighted by Gasteiger charge is 2.37. The van der Waals surface area contributed by atoms with Crippen molar-refractivity contribution in [2.75, 3.05) is 0 Å². The van der Waals surface area contributed by atoms with Gasteiger partial charge in [0.05, 0.1) is 30.5 Å². The van der Waals surface area contributed by atoms with Crippen LogP contribution >= 0.6 is 0 Å². The molecule has 0 radical (unpaired) electrons. The molecule has 2 aliphatic rings. The van der Waals surface area contributed by atoms with Crippen LogP contribution in [-0.4, -0.2) is 70.0 Å². The van der Waals surface area contributed by atoms with Crippen molar-refractivity contribution in [3.8, 4) is 0 Å². The molecule has 2 rings (SSSR count). The maximum Gasteiger partial charge on any atom is 0.334 e. The van der Waals surface area contributed by atoms with Gasteiger partial charge in [0.15, 0.2) is 0 Å². The van der Waals surface area contributed by atoms with Crippen LogP contribution in [0.4, 0.5) is 0 Å². The highest BCUT2D eigenvalue weighted by Crippen LogP contribution is 2.30. The van der Waals surface area contributed by atoms with Gasteiger partial charge in [0.1, 0.15) is 12.2 Å². The molecule has 0 unspecified atom stereocenters. The van der Waals surface area contributed by atoms with Crippen LogP contribution in [0.5, 0.6) is 0 Å². The van der Waals surface area contributed by atoms with E-state index in [1.807, 2.05) is 13.0 Å². The molecule has 0 spiro atoms. The lowest BCUT2D eigenvalue weighted by Gasteiger charge is -2.27. The number of aliphatic hydroxyl groups is 3. The Balaban J connectivity index is 1.50. The highest BCUT2D eigenvalue weighted by atomic mass is 16.6. The van der Waals surface area contributed by atoms with Gasteiger partial charge in [-0.15, -0.1) is 0 Å². The average Bonchev–Trinajstić information content (AvgIpc) is 3.65. The Morgan fingerprint density at radius 1 is 0.766 bits per heavy atom. The van der Waals surface area contributed by atoms with Crippen molar-refractivity contribution in [1.29, 1.82) is 0 Å². The Bertz CT molecular complexity index is 860. The third kappa shape index (κ3) is 19.3. The lowest BCUT2D eigenvalue weighted by atomic mass is 9.98. The van der Waals surface area contributed by atoms with Crippen molar-refractivity contribution in [2.24, 2.45) is 0 Å². The zero-order chi connectivity index (χ0) is 34.3. The second-order valence-corrected chi connectivity index (χ2v) is 14.4. The summed E-state index contributed by atoms with van der Waals surface area (Å²) >= 11 is 0. The Morgan fingerprint density at radius 2 is 1.28 bits per heavy atom. The molecule has 0 aromatic rings. The monoisotopic (exact) mass is 667 g/mol. The maximum absolute atomic E-state index is 11.8. The van der Waals surface area contributed by atoms with Gasteiger partial charge in [0.25, 0.3) is 0 Å². The molecule has 1 saturated heterocycles. The molecule has 47 heavy (non-hydrogen) atoms. The Morgan fingerprint density at radius 3 is 1.81 bits per heavy atom. The molecule has 0 bridgehead atoms. The zero-order valence-corrected chi connectivity index (χ0v) is 30.2. The molecular weight excluding hydrogens is 596 g/mol. The third-order valence-corrected chi connectivity index (χ3v) is 9.92. The number of aliphatic hydroxyl groups excluding tert-OH is 3. The van der Waals surface area contributed by atoms with Gasteiger partial charge >= 0.3 is 11.9 Å². The fourth-order valence-corrected chi connectivity index (χ4v) is 7.07. The van der Waals surface area contributed by atoms with Crippen LogP contribution in [0.1, 0.15) is 181 Å². The summed E-state index contributed by atoms with van der Waals surface area (Å²) in [6, 6.07) is 0. The quantitative estimate of drug-likeness (QED) is 0.0537. The maximum atomic E-state index is 11.8. The molecule has 0 saturated carbocycles. The lowest BCUT2D eigenvalue weighted by molar-refractivity contribution is -0.159. The summed E-state index contributed by atoms with van der Waals surface area (Å²) in [6.45, 7) is 5.50. The molecular formula is C39H70O8. The molecule has 0 aromatic heterocycles. The molecule has 274 valence electrons. The highest BCUT2D eigenvalue weighted by molar-refractivity contribution is 5.90. The number of cyclic esters (lactones) is 1. The SMILES string of the molecule is CCCCCCCCCCCC[C@@H](O)[C@@H]1CC[C@H]([C@@H](C[C@@H](O)CCCCCCCCC[C@H](O)CCC2=C[C@H](C)OC2=O)OC(C)=O)O1. The largest absolute Gasteiger partial charge is 0.460 e. The molecule has 7 atom stereocenters. The number of carbonyl (C=O) groups excluding carboxylic acids is 2. The number of unbranched alkanes of at least 4 members (excludes halogenated alkanes) is 15. The van der Waals surface area contributed by atoms with Gasteiger partial charge in [0.2, 0.25) is 0 Å². The first-order valence-electron chi connectivity index (χ1n) is 19.5. The van der Waals surface area contributed by atoms with Crippen LogP contribution in [0, 0.1) is 0 Å². The first-order valence-corrected chi connectivity index (χ1v) is 19.5. The van der Waals surface area contributed by atoms with Crippen LogP contribution in [-0.2, 0) is 23.8 Å². The van der Waals surface area contributed by atoms with E-state index in [2.05, 4.69) is 6.92 Å². The minimum atomic E-state index is -0.551. The van der Waals surface area contributed by atoms with Crippen molar-refractivity contribution in [3.05, 3.63) is 11.6 Å². The average molecular weight is 667 g/mol. The molecule has 0 amide bonds. The molecule has 2 aliphatic heterocycles. The van der Waals surface area contributed by atoms with E-state index in [1.54, 1.807) is 0 Å². The van der Waals surface area contributed by atoms with Gasteiger partial charge in [-0.2, -0.15) is 0 Å². The standard InChI is InChI=1S/C39H70O8/c1-4-5-6-7-8-9-10-14-17-20-23-35(43)36-26-27-37(47-36)38(46-31(3)40)29-34(42)22-19-16-13-11-12-15-18-21-33(41)25-24-32-28-30(2)45-39(32)44/h28,30,33-38,41-43H,4-27,29H2,1-3H3/t30-,33-,34-,35+,36-,37+,38+/m0/s1. The lowest BCUT2D eigenvalue weighted by Crippen LogP contribution is -2.36. The van der Waals surface area contributed by atoms with Crippen LogP contribution in [0.15, 0.2) is 11.6 Å². The summed E-state index contributed by atoms with van der Waals surface area (Å²) in [5.41, 5.74) is 0.689. The third-order valence-electron chi connectivity index (χ3n) is 9.92. The van der Waals surface area contributed by atoms with E-state index in [4.69, 9.17) is 14.2 Å². The molecule has 2 heterocycles. The molecule has 8 nitrogen and oxygen atoms in total.